The standard InChI is InChI=1S/C16H20N4O2S/c1-22-14-9-11(7-8-13(14)21)10-17-20-15(18-19-16(20)23)12-5-3-2-4-6-12/h7-10,12,21H,2-6H2,1H3,(H,19,23)/b17-10+. The third kappa shape index (κ3) is 3.44. The highest BCUT2D eigenvalue weighted by Crippen LogP contribution is 2.31. The molecular formula is C16H20N4O2S. The molecule has 0 unspecified atom stereocenters. The van der Waals surface area contributed by atoms with E-state index in [0.717, 1.165) is 24.2 Å². The summed E-state index contributed by atoms with van der Waals surface area (Å²) in [6.07, 6.45) is 7.69. The predicted molar refractivity (Wildman–Crippen MR) is 90.9 cm³/mol. The second-order valence-corrected chi connectivity index (χ2v) is 6.10. The SMILES string of the molecule is COc1cc(/C=N/n2c(C3CCCCC3)n[nH]c2=S)ccc1O. The molecule has 2 N–H and O–H groups in total. The average molecular weight is 332 g/mol. The summed E-state index contributed by atoms with van der Waals surface area (Å²) in [6, 6.07) is 5.07. The Kier molecular flexibility index (Phi) is 4.76. The topological polar surface area (TPSA) is 75.4 Å². The molecule has 122 valence electrons. The van der Waals surface area contributed by atoms with Crippen molar-refractivity contribution < 1.29 is 9.84 Å². The maximum Gasteiger partial charge on any atom is 0.216 e. The van der Waals surface area contributed by atoms with E-state index in [4.69, 9.17) is 17.0 Å². The molecule has 0 atom stereocenters. The van der Waals surface area contributed by atoms with Crippen molar-refractivity contribution in [1.82, 2.24) is 14.9 Å². The third-order valence-corrected chi connectivity index (χ3v) is 4.44. The smallest absolute Gasteiger partial charge is 0.216 e. The number of phenols is 1. The zero-order chi connectivity index (χ0) is 16.2. The highest BCUT2D eigenvalue weighted by Gasteiger charge is 2.21. The number of aromatic nitrogens is 3. The van der Waals surface area contributed by atoms with Crippen molar-refractivity contribution in [2.75, 3.05) is 7.11 Å². The molecule has 0 saturated heterocycles. The summed E-state index contributed by atoms with van der Waals surface area (Å²) < 4.78 is 7.30. The van der Waals surface area contributed by atoms with Gasteiger partial charge in [0.25, 0.3) is 0 Å². The molecule has 0 amide bonds. The van der Waals surface area contributed by atoms with Gasteiger partial charge < -0.3 is 9.84 Å². The van der Waals surface area contributed by atoms with Gasteiger partial charge in [-0.3, -0.25) is 5.10 Å². The summed E-state index contributed by atoms with van der Waals surface area (Å²) in [5, 5.41) is 21.3. The zero-order valence-corrected chi connectivity index (χ0v) is 13.8. The van der Waals surface area contributed by atoms with Crippen molar-refractivity contribution in [3.63, 3.8) is 0 Å². The highest BCUT2D eigenvalue weighted by atomic mass is 32.1. The Hall–Kier alpha value is -2.15. The largest absolute Gasteiger partial charge is 0.504 e. The molecule has 1 fully saturated rings. The van der Waals surface area contributed by atoms with E-state index in [0.29, 0.717) is 16.4 Å². The minimum absolute atomic E-state index is 0.104. The number of phenolic OH excluding ortho intramolecular Hbond substituents is 1. The van der Waals surface area contributed by atoms with Crippen molar-refractivity contribution in [2.45, 2.75) is 38.0 Å². The van der Waals surface area contributed by atoms with Crippen LogP contribution in [0, 0.1) is 4.77 Å². The van der Waals surface area contributed by atoms with E-state index in [9.17, 15) is 5.11 Å². The first-order valence-corrected chi connectivity index (χ1v) is 8.18. The first kappa shape index (κ1) is 15.7. The Labute approximate surface area is 139 Å². The van der Waals surface area contributed by atoms with Crippen LogP contribution in [0.1, 0.15) is 49.4 Å². The Morgan fingerprint density at radius 3 is 2.91 bits per heavy atom. The fraction of sp³-hybridized carbons (Fsp3) is 0.438. The Balaban J connectivity index is 1.87. The summed E-state index contributed by atoms with van der Waals surface area (Å²) in [6.45, 7) is 0. The van der Waals surface area contributed by atoms with Gasteiger partial charge in [0.1, 0.15) is 0 Å². The fourth-order valence-electron chi connectivity index (χ4n) is 2.94. The van der Waals surface area contributed by atoms with Gasteiger partial charge >= 0.3 is 0 Å². The number of benzene rings is 1. The molecule has 2 aromatic rings. The van der Waals surface area contributed by atoms with E-state index >= 15 is 0 Å². The number of hydrogen-bond acceptors (Lipinski definition) is 5. The molecule has 1 aromatic heterocycles. The minimum Gasteiger partial charge on any atom is -0.504 e. The molecule has 0 spiro atoms. The van der Waals surface area contributed by atoms with Gasteiger partial charge in [-0.15, -0.1) is 0 Å². The monoisotopic (exact) mass is 332 g/mol. The van der Waals surface area contributed by atoms with Crippen LogP contribution in [0.3, 0.4) is 0 Å². The van der Waals surface area contributed by atoms with E-state index in [-0.39, 0.29) is 5.75 Å². The molecule has 6 nitrogen and oxygen atoms in total. The fourth-order valence-corrected chi connectivity index (χ4v) is 3.13. The van der Waals surface area contributed by atoms with Crippen LogP contribution in [0.2, 0.25) is 0 Å². The van der Waals surface area contributed by atoms with Crippen LogP contribution in [0.4, 0.5) is 0 Å². The molecule has 1 saturated carbocycles. The van der Waals surface area contributed by atoms with Crippen molar-refractivity contribution in [2.24, 2.45) is 5.10 Å². The van der Waals surface area contributed by atoms with Crippen LogP contribution in [0.25, 0.3) is 0 Å². The van der Waals surface area contributed by atoms with E-state index in [1.807, 2.05) is 0 Å². The highest BCUT2D eigenvalue weighted by molar-refractivity contribution is 7.71. The maximum absolute atomic E-state index is 9.64. The molecule has 0 aliphatic heterocycles. The molecule has 1 aliphatic rings. The lowest BCUT2D eigenvalue weighted by atomic mass is 9.89. The minimum atomic E-state index is 0.104. The van der Waals surface area contributed by atoms with E-state index in [2.05, 4.69) is 15.3 Å². The van der Waals surface area contributed by atoms with Gasteiger partial charge in [0.05, 0.1) is 13.3 Å². The van der Waals surface area contributed by atoms with E-state index in [1.54, 1.807) is 29.1 Å². The van der Waals surface area contributed by atoms with Crippen LogP contribution in [0.15, 0.2) is 23.3 Å². The number of H-pyrrole nitrogens is 1. The first-order valence-electron chi connectivity index (χ1n) is 7.77. The van der Waals surface area contributed by atoms with Gasteiger partial charge in [0.15, 0.2) is 17.3 Å². The van der Waals surface area contributed by atoms with Crippen molar-refractivity contribution in [3.05, 3.63) is 34.4 Å². The third-order valence-electron chi connectivity index (χ3n) is 4.17. The Bertz CT molecular complexity index is 760. The number of rotatable bonds is 4. The van der Waals surface area contributed by atoms with Gasteiger partial charge in [0, 0.05) is 5.92 Å². The summed E-state index contributed by atoms with van der Waals surface area (Å²) in [4.78, 5) is 0. The number of hydrogen-bond donors (Lipinski definition) is 2. The quantitative estimate of drug-likeness (QED) is 0.663. The number of nitrogens with one attached hydrogen (secondary N) is 1. The lowest BCUT2D eigenvalue weighted by Crippen LogP contribution is -2.10. The predicted octanol–water partition coefficient (Wildman–Crippen LogP) is 3.58. The number of ether oxygens (including phenoxy) is 1. The van der Waals surface area contributed by atoms with Gasteiger partial charge in [-0.2, -0.15) is 14.9 Å². The average Bonchev–Trinajstić information content (AvgIpc) is 2.95. The molecular weight excluding hydrogens is 312 g/mol. The van der Waals surface area contributed by atoms with Crippen molar-refractivity contribution in [1.29, 1.82) is 0 Å². The lowest BCUT2D eigenvalue weighted by Gasteiger charge is -2.19. The van der Waals surface area contributed by atoms with Crippen LogP contribution in [-0.2, 0) is 0 Å². The van der Waals surface area contributed by atoms with Crippen LogP contribution in [-0.4, -0.2) is 33.3 Å². The normalized spacial score (nSPS) is 16.0. The van der Waals surface area contributed by atoms with Gasteiger partial charge in [-0.1, -0.05) is 19.3 Å². The lowest BCUT2D eigenvalue weighted by molar-refractivity contribution is 0.373. The molecule has 23 heavy (non-hydrogen) atoms. The zero-order valence-electron chi connectivity index (χ0n) is 13.0. The molecule has 0 bridgehead atoms. The van der Waals surface area contributed by atoms with Crippen LogP contribution >= 0.6 is 12.2 Å². The Morgan fingerprint density at radius 1 is 1.39 bits per heavy atom. The van der Waals surface area contributed by atoms with E-state index < -0.39 is 0 Å². The van der Waals surface area contributed by atoms with Gasteiger partial charge in [-0.05, 0) is 48.8 Å². The molecule has 3 rings (SSSR count). The second-order valence-electron chi connectivity index (χ2n) is 5.71. The first-order chi connectivity index (χ1) is 11.2. The number of aromatic amines is 1. The number of nitrogens with zero attached hydrogens (tertiary/aromatic N) is 3. The summed E-state index contributed by atoms with van der Waals surface area (Å²) in [5.41, 5.74) is 0.817. The van der Waals surface area contributed by atoms with Gasteiger partial charge in [-0.25, -0.2) is 0 Å². The summed E-state index contributed by atoms with van der Waals surface area (Å²) in [5.74, 6) is 1.82. The number of aromatic hydroxyl groups is 1. The Morgan fingerprint density at radius 2 is 2.17 bits per heavy atom. The molecule has 0 radical (unpaired) electrons. The van der Waals surface area contributed by atoms with Gasteiger partial charge in [0.2, 0.25) is 4.77 Å². The number of methoxy groups -OCH3 is 1. The second kappa shape index (κ2) is 6.95. The molecule has 1 heterocycles. The molecule has 1 aromatic carbocycles. The van der Waals surface area contributed by atoms with Crippen LogP contribution < -0.4 is 4.74 Å². The van der Waals surface area contributed by atoms with E-state index in [1.165, 1.54) is 26.4 Å². The summed E-state index contributed by atoms with van der Waals surface area (Å²) >= 11 is 5.29. The van der Waals surface area contributed by atoms with Crippen molar-refractivity contribution in [3.8, 4) is 11.5 Å². The van der Waals surface area contributed by atoms with Crippen LogP contribution in [0.5, 0.6) is 11.5 Å². The maximum atomic E-state index is 9.64. The summed E-state index contributed by atoms with van der Waals surface area (Å²) in [7, 11) is 1.52. The molecule has 1 aliphatic carbocycles. The molecule has 7 heteroatoms. The van der Waals surface area contributed by atoms with Crippen molar-refractivity contribution >= 4 is 18.4 Å².